The van der Waals surface area contributed by atoms with E-state index in [0.717, 1.165) is 0 Å². The lowest BCUT2D eigenvalue weighted by Crippen LogP contribution is -1.99. The minimum atomic E-state index is -0.530. The Labute approximate surface area is 108 Å². The molecule has 6 heteroatoms. The number of nitrogens with one attached hydrogen (secondary N) is 1. The topological polar surface area (TPSA) is 74.7 Å². The second kappa shape index (κ2) is 4.90. The number of nitrogens with zero attached hydrogens (tertiary/aromatic N) is 2. The van der Waals surface area contributed by atoms with Crippen molar-refractivity contribution in [3.63, 3.8) is 0 Å². The Morgan fingerprint density at radius 3 is 2.78 bits per heavy atom. The maximum atomic E-state index is 13.2. The molecule has 0 amide bonds. The SMILES string of the molecule is N#Cc1nc(Nc2ccc(Cl)c(F)c2)ccc1N. The molecule has 0 aliphatic carbocycles. The number of nitrogen functional groups attached to an aromatic ring is 1. The number of aromatic nitrogens is 1. The van der Waals surface area contributed by atoms with E-state index in [4.69, 9.17) is 22.6 Å². The minimum absolute atomic E-state index is 0.0449. The fraction of sp³-hybridized carbons (Fsp3) is 0. The third-order valence-corrected chi connectivity index (χ3v) is 2.53. The van der Waals surface area contributed by atoms with Crippen LogP contribution < -0.4 is 11.1 Å². The number of pyridine rings is 1. The summed E-state index contributed by atoms with van der Waals surface area (Å²) < 4.78 is 13.2. The lowest BCUT2D eigenvalue weighted by Gasteiger charge is -2.07. The van der Waals surface area contributed by atoms with Gasteiger partial charge in [-0.2, -0.15) is 5.26 Å². The van der Waals surface area contributed by atoms with Gasteiger partial charge in [0.2, 0.25) is 0 Å². The van der Waals surface area contributed by atoms with Gasteiger partial charge in [0.15, 0.2) is 5.69 Å². The van der Waals surface area contributed by atoms with E-state index in [1.165, 1.54) is 12.1 Å². The molecule has 3 N–H and O–H groups in total. The van der Waals surface area contributed by atoms with Crippen LogP contribution in [0, 0.1) is 17.1 Å². The van der Waals surface area contributed by atoms with Gasteiger partial charge in [-0.25, -0.2) is 9.37 Å². The van der Waals surface area contributed by atoms with Crippen molar-refractivity contribution in [1.29, 1.82) is 5.26 Å². The van der Waals surface area contributed by atoms with Crippen LogP contribution in [0.1, 0.15) is 5.69 Å². The highest BCUT2D eigenvalue weighted by Gasteiger charge is 2.04. The number of rotatable bonds is 2. The maximum absolute atomic E-state index is 13.2. The van der Waals surface area contributed by atoms with Crippen molar-refractivity contribution >= 4 is 28.8 Å². The Balaban J connectivity index is 2.29. The Morgan fingerprint density at radius 1 is 1.33 bits per heavy atom. The smallest absolute Gasteiger partial charge is 0.165 e. The zero-order valence-electron chi connectivity index (χ0n) is 9.11. The Kier molecular flexibility index (Phi) is 3.31. The number of halogens is 2. The minimum Gasteiger partial charge on any atom is -0.396 e. The van der Waals surface area contributed by atoms with Crippen molar-refractivity contribution in [3.8, 4) is 6.07 Å². The van der Waals surface area contributed by atoms with Crippen molar-refractivity contribution in [3.05, 3.63) is 46.9 Å². The van der Waals surface area contributed by atoms with E-state index in [9.17, 15) is 4.39 Å². The average Bonchev–Trinajstić information content (AvgIpc) is 2.36. The highest BCUT2D eigenvalue weighted by atomic mass is 35.5. The third-order valence-electron chi connectivity index (χ3n) is 2.22. The standard InChI is InChI=1S/C12H8ClFN4/c13-8-2-1-7(5-9(8)14)17-12-4-3-10(16)11(6-15)18-12/h1-5H,16H2,(H,17,18). The van der Waals surface area contributed by atoms with Crippen molar-refractivity contribution in [2.45, 2.75) is 0 Å². The predicted octanol–water partition coefficient (Wildman–Crippen LogP) is 3.07. The van der Waals surface area contributed by atoms with E-state index in [-0.39, 0.29) is 10.7 Å². The number of anilines is 3. The molecule has 18 heavy (non-hydrogen) atoms. The molecule has 1 aromatic carbocycles. The van der Waals surface area contributed by atoms with Crippen LogP contribution in [0.5, 0.6) is 0 Å². The van der Waals surface area contributed by atoms with Crippen molar-refractivity contribution < 1.29 is 4.39 Å². The zero-order chi connectivity index (χ0) is 13.1. The first-order valence-electron chi connectivity index (χ1n) is 4.99. The summed E-state index contributed by atoms with van der Waals surface area (Å²) in [5.74, 6) is -0.125. The highest BCUT2D eigenvalue weighted by Crippen LogP contribution is 2.22. The van der Waals surface area contributed by atoms with Crippen LogP contribution in [0.25, 0.3) is 0 Å². The van der Waals surface area contributed by atoms with Gasteiger partial charge < -0.3 is 11.1 Å². The molecule has 2 rings (SSSR count). The van der Waals surface area contributed by atoms with Gasteiger partial charge in [-0.3, -0.25) is 0 Å². The average molecular weight is 263 g/mol. The fourth-order valence-corrected chi connectivity index (χ4v) is 1.47. The number of nitrogens with two attached hydrogens (primary N) is 1. The van der Waals surface area contributed by atoms with Gasteiger partial charge in [0, 0.05) is 5.69 Å². The summed E-state index contributed by atoms with van der Waals surface area (Å²) in [5.41, 5.74) is 6.45. The number of benzene rings is 1. The molecule has 90 valence electrons. The molecular weight excluding hydrogens is 255 g/mol. The lowest BCUT2D eigenvalue weighted by atomic mass is 10.3. The van der Waals surface area contributed by atoms with Gasteiger partial charge in [-0.1, -0.05) is 11.6 Å². The lowest BCUT2D eigenvalue weighted by molar-refractivity contribution is 0.629. The molecule has 1 aromatic heterocycles. The van der Waals surface area contributed by atoms with E-state index in [1.807, 2.05) is 6.07 Å². The summed E-state index contributed by atoms with van der Waals surface area (Å²) in [7, 11) is 0. The summed E-state index contributed by atoms with van der Waals surface area (Å²) in [4.78, 5) is 3.99. The monoisotopic (exact) mass is 262 g/mol. The van der Waals surface area contributed by atoms with Gasteiger partial charge in [-0.05, 0) is 30.3 Å². The number of hydrogen-bond acceptors (Lipinski definition) is 4. The second-order valence-electron chi connectivity index (χ2n) is 3.50. The molecule has 0 fully saturated rings. The number of hydrogen-bond donors (Lipinski definition) is 2. The first-order chi connectivity index (χ1) is 8.60. The molecule has 0 aliphatic rings. The molecule has 4 nitrogen and oxygen atoms in total. The third kappa shape index (κ3) is 2.50. The maximum Gasteiger partial charge on any atom is 0.165 e. The van der Waals surface area contributed by atoms with Gasteiger partial charge in [0.05, 0.1) is 10.7 Å². The first-order valence-corrected chi connectivity index (χ1v) is 5.36. The van der Waals surface area contributed by atoms with Crippen LogP contribution in [0.15, 0.2) is 30.3 Å². The van der Waals surface area contributed by atoms with Crippen molar-refractivity contribution in [2.75, 3.05) is 11.1 Å². The van der Waals surface area contributed by atoms with Gasteiger partial charge in [-0.15, -0.1) is 0 Å². The predicted molar refractivity (Wildman–Crippen MR) is 68.1 cm³/mol. The largest absolute Gasteiger partial charge is 0.396 e. The van der Waals surface area contributed by atoms with E-state index in [1.54, 1.807) is 18.2 Å². The van der Waals surface area contributed by atoms with Crippen molar-refractivity contribution in [1.82, 2.24) is 4.98 Å². The molecule has 0 unspecified atom stereocenters. The molecule has 1 heterocycles. The fourth-order valence-electron chi connectivity index (χ4n) is 1.35. The first kappa shape index (κ1) is 12.1. The Hall–Kier alpha value is -2.32. The van der Waals surface area contributed by atoms with Gasteiger partial charge >= 0.3 is 0 Å². The van der Waals surface area contributed by atoms with Gasteiger partial charge in [0.25, 0.3) is 0 Å². The quantitative estimate of drug-likeness (QED) is 0.872. The van der Waals surface area contributed by atoms with Crippen LogP contribution in [0.4, 0.5) is 21.6 Å². The molecule has 0 spiro atoms. The molecule has 0 bridgehead atoms. The van der Waals surface area contributed by atoms with Crippen LogP contribution in [-0.2, 0) is 0 Å². The molecule has 0 radical (unpaired) electrons. The summed E-state index contributed by atoms with van der Waals surface area (Å²) in [6.45, 7) is 0. The second-order valence-corrected chi connectivity index (χ2v) is 3.91. The van der Waals surface area contributed by atoms with E-state index < -0.39 is 5.82 Å². The van der Waals surface area contributed by atoms with E-state index in [2.05, 4.69) is 10.3 Å². The zero-order valence-corrected chi connectivity index (χ0v) is 9.87. The molecular formula is C12H8ClFN4. The van der Waals surface area contributed by atoms with Crippen LogP contribution >= 0.6 is 11.6 Å². The van der Waals surface area contributed by atoms with E-state index >= 15 is 0 Å². The van der Waals surface area contributed by atoms with Crippen LogP contribution in [0.3, 0.4) is 0 Å². The molecule has 0 saturated heterocycles. The van der Waals surface area contributed by atoms with Crippen LogP contribution in [0.2, 0.25) is 5.02 Å². The van der Waals surface area contributed by atoms with Gasteiger partial charge in [0.1, 0.15) is 17.7 Å². The molecule has 0 atom stereocenters. The molecule has 2 aromatic rings. The molecule has 0 saturated carbocycles. The summed E-state index contributed by atoms with van der Waals surface area (Å²) in [6.07, 6.45) is 0. The van der Waals surface area contributed by atoms with Crippen molar-refractivity contribution in [2.24, 2.45) is 0 Å². The summed E-state index contributed by atoms with van der Waals surface area (Å²) >= 11 is 5.57. The van der Waals surface area contributed by atoms with Crippen LogP contribution in [-0.4, -0.2) is 4.98 Å². The highest BCUT2D eigenvalue weighted by molar-refractivity contribution is 6.30. The number of nitriles is 1. The normalized spacial score (nSPS) is 9.83. The Morgan fingerprint density at radius 2 is 2.11 bits per heavy atom. The summed E-state index contributed by atoms with van der Waals surface area (Å²) in [6, 6.07) is 9.31. The Bertz CT molecular complexity index is 636. The summed E-state index contributed by atoms with van der Waals surface area (Å²) in [5, 5.41) is 11.7. The van der Waals surface area contributed by atoms with E-state index in [0.29, 0.717) is 17.2 Å². The molecule has 0 aliphatic heterocycles.